The zero-order valence-electron chi connectivity index (χ0n) is 19.1. The van der Waals surface area contributed by atoms with E-state index in [1.54, 1.807) is 18.1 Å². The number of hydrogen-bond donors (Lipinski definition) is 1. The molecule has 0 aromatic heterocycles. The summed E-state index contributed by atoms with van der Waals surface area (Å²) in [4.78, 5) is 13.2. The molecule has 32 heavy (non-hydrogen) atoms. The first kappa shape index (κ1) is 24.6. The van der Waals surface area contributed by atoms with E-state index in [0.29, 0.717) is 41.7 Å². The molecule has 2 aromatic carbocycles. The third-order valence-corrected chi connectivity index (χ3v) is 6.69. The number of ether oxygens (including phenoxy) is 2. The summed E-state index contributed by atoms with van der Waals surface area (Å²) in [6.07, 6.45) is 5.65. The lowest BCUT2D eigenvalue weighted by atomic mass is 9.73. The standard InChI is InChI=1S/C26H34ClNO4/c1-3-20-9-6-11-22(17-20)32-25-23(12-7-13-24(25)27)26(30,14-4-5-16-31-2)21-10-8-15-28(18-21)19-29/h6-7,9,11-13,17,19,21,30H,3-5,8,10,14-16,18H2,1-2H3/t21?,26-/m0/s1. The van der Waals surface area contributed by atoms with Gasteiger partial charge in [0.1, 0.15) is 5.75 Å². The van der Waals surface area contributed by atoms with Crippen LogP contribution in [0.4, 0.5) is 0 Å². The molecule has 1 heterocycles. The highest BCUT2D eigenvalue weighted by atomic mass is 35.5. The van der Waals surface area contributed by atoms with Crippen LogP contribution >= 0.6 is 11.6 Å². The molecule has 1 unspecified atom stereocenters. The highest BCUT2D eigenvalue weighted by Crippen LogP contribution is 2.46. The van der Waals surface area contributed by atoms with Crippen molar-refractivity contribution in [3.05, 3.63) is 58.6 Å². The molecule has 1 N–H and O–H groups in total. The number of aliphatic hydroxyl groups is 1. The second kappa shape index (κ2) is 11.7. The number of carbonyl (C=O) groups is 1. The molecule has 0 bridgehead atoms. The van der Waals surface area contributed by atoms with E-state index in [2.05, 4.69) is 13.0 Å². The van der Waals surface area contributed by atoms with Gasteiger partial charge in [0, 0.05) is 38.3 Å². The third-order valence-electron chi connectivity index (χ3n) is 6.39. The van der Waals surface area contributed by atoms with Crippen molar-refractivity contribution >= 4 is 18.0 Å². The number of unbranched alkanes of at least 4 members (excludes halogenated alkanes) is 1. The Hall–Kier alpha value is -2.08. The minimum atomic E-state index is -1.17. The molecule has 0 saturated carbocycles. The highest BCUT2D eigenvalue weighted by molar-refractivity contribution is 6.32. The number of likely N-dealkylation sites (tertiary alicyclic amines) is 1. The monoisotopic (exact) mass is 459 g/mol. The molecule has 1 aliphatic rings. The van der Waals surface area contributed by atoms with Crippen LogP contribution in [0.5, 0.6) is 11.5 Å². The zero-order chi connectivity index (χ0) is 23.0. The number of benzene rings is 2. The third kappa shape index (κ3) is 5.83. The highest BCUT2D eigenvalue weighted by Gasteiger charge is 2.42. The summed E-state index contributed by atoms with van der Waals surface area (Å²) >= 11 is 6.61. The summed E-state index contributed by atoms with van der Waals surface area (Å²) in [7, 11) is 1.68. The molecule has 6 heteroatoms. The number of hydrogen-bond acceptors (Lipinski definition) is 4. The maximum Gasteiger partial charge on any atom is 0.209 e. The molecule has 3 rings (SSSR count). The molecule has 1 amide bonds. The SMILES string of the molecule is CCc1cccc(Oc2c(Cl)cccc2[C@](O)(CCCCOC)C2CCCN(C=O)C2)c1. The van der Waals surface area contributed by atoms with Crippen LogP contribution in [0.2, 0.25) is 5.02 Å². The average Bonchev–Trinajstić information content (AvgIpc) is 2.83. The van der Waals surface area contributed by atoms with Crippen molar-refractivity contribution in [1.29, 1.82) is 0 Å². The maximum absolute atomic E-state index is 12.2. The van der Waals surface area contributed by atoms with Crippen LogP contribution in [0.1, 0.15) is 50.2 Å². The number of rotatable bonds is 11. The quantitative estimate of drug-likeness (QED) is 0.352. The molecule has 1 fully saturated rings. The van der Waals surface area contributed by atoms with Crippen molar-refractivity contribution < 1.29 is 19.4 Å². The van der Waals surface area contributed by atoms with E-state index in [0.717, 1.165) is 45.1 Å². The Labute approximate surface area is 196 Å². The van der Waals surface area contributed by atoms with E-state index in [4.69, 9.17) is 21.1 Å². The minimum absolute atomic E-state index is 0.105. The van der Waals surface area contributed by atoms with Gasteiger partial charge in [0.15, 0.2) is 5.75 Å². The van der Waals surface area contributed by atoms with Crippen LogP contribution in [0.15, 0.2) is 42.5 Å². The lowest BCUT2D eigenvalue weighted by molar-refractivity contribution is -0.123. The van der Waals surface area contributed by atoms with E-state index in [-0.39, 0.29) is 5.92 Å². The summed E-state index contributed by atoms with van der Waals surface area (Å²) < 4.78 is 11.5. The average molecular weight is 460 g/mol. The Kier molecular flexibility index (Phi) is 8.97. The smallest absolute Gasteiger partial charge is 0.209 e. The molecule has 0 aliphatic carbocycles. The van der Waals surface area contributed by atoms with Crippen molar-refractivity contribution in [1.82, 2.24) is 4.90 Å². The summed E-state index contributed by atoms with van der Waals surface area (Å²) in [5, 5.41) is 12.6. The van der Waals surface area contributed by atoms with Crippen LogP contribution in [0.3, 0.4) is 0 Å². The molecule has 5 nitrogen and oxygen atoms in total. The van der Waals surface area contributed by atoms with Crippen molar-refractivity contribution in [2.75, 3.05) is 26.8 Å². The van der Waals surface area contributed by atoms with Crippen LogP contribution in [-0.4, -0.2) is 43.2 Å². The van der Waals surface area contributed by atoms with E-state index in [1.807, 2.05) is 30.3 Å². The van der Waals surface area contributed by atoms with Gasteiger partial charge in [0.05, 0.1) is 10.6 Å². The van der Waals surface area contributed by atoms with Crippen molar-refractivity contribution in [3.63, 3.8) is 0 Å². The second-order valence-corrected chi connectivity index (χ2v) is 8.94. The normalized spacial score (nSPS) is 18.2. The molecular formula is C26H34ClNO4. The maximum atomic E-state index is 12.2. The summed E-state index contributed by atoms with van der Waals surface area (Å²) in [5.74, 6) is 1.07. The molecule has 1 saturated heterocycles. The fourth-order valence-electron chi connectivity index (χ4n) is 4.59. The zero-order valence-corrected chi connectivity index (χ0v) is 19.8. The number of methoxy groups -OCH3 is 1. The first-order valence-electron chi connectivity index (χ1n) is 11.5. The van der Waals surface area contributed by atoms with Crippen LogP contribution in [-0.2, 0) is 21.6 Å². The first-order chi connectivity index (χ1) is 15.5. The number of carbonyl (C=O) groups excluding carboxylic acids is 1. The van der Waals surface area contributed by atoms with Crippen LogP contribution in [0.25, 0.3) is 0 Å². The van der Waals surface area contributed by atoms with Gasteiger partial charge in [-0.1, -0.05) is 42.8 Å². The number of piperidine rings is 1. The summed E-state index contributed by atoms with van der Waals surface area (Å²) in [6.45, 7) is 3.98. The van der Waals surface area contributed by atoms with Gasteiger partial charge >= 0.3 is 0 Å². The van der Waals surface area contributed by atoms with Crippen LogP contribution in [0, 0.1) is 5.92 Å². The van der Waals surface area contributed by atoms with E-state index in [9.17, 15) is 9.90 Å². The molecule has 174 valence electrons. The molecule has 1 aliphatic heterocycles. The number of amides is 1. The van der Waals surface area contributed by atoms with Crippen molar-refractivity contribution in [3.8, 4) is 11.5 Å². The van der Waals surface area contributed by atoms with Gasteiger partial charge in [-0.05, 0) is 62.3 Å². The van der Waals surface area contributed by atoms with Gasteiger partial charge in [-0.25, -0.2) is 0 Å². The second-order valence-electron chi connectivity index (χ2n) is 8.53. The fourth-order valence-corrected chi connectivity index (χ4v) is 4.80. The van der Waals surface area contributed by atoms with Crippen molar-refractivity contribution in [2.24, 2.45) is 5.92 Å². The van der Waals surface area contributed by atoms with Gasteiger partial charge in [0.2, 0.25) is 6.41 Å². The van der Waals surface area contributed by atoms with Gasteiger partial charge in [-0.2, -0.15) is 0 Å². The number of para-hydroxylation sites is 1. The first-order valence-corrected chi connectivity index (χ1v) is 11.9. The number of aryl methyl sites for hydroxylation is 1. The van der Waals surface area contributed by atoms with Crippen molar-refractivity contribution in [2.45, 2.75) is 51.0 Å². The predicted octanol–water partition coefficient (Wildman–Crippen LogP) is 5.57. The minimum Gasteiger partial charge on any atom is -0.455 e. The molecule has 0 spiro atoms. The topological polar surface area (TPSA) is 59.0 Å². The van der Waals surface area contributed by atoms with Gasteiger partial charge < -0.3 is 19.5 Å². The van der Waals surface area contributed by atoms with Gasteiger partial charge in [-0.15, -0.1) is 0 Å². The Balaban J connectivity index is 1.99. The van der Waals surface area contributed by atoms with Gasteiger partial charge in [0.25, 0.3) is 0 Å². The summed E-state index contributed by atoms with van der Waals surface area (Å²) in [5.41, 5.74) is 0.680. The molecule has 2 atom stereocenters. The number of nitrogens with zero attached hydrogens (tertiary/aromatic N) is 1. The van der Waals surface area contributed by atoms with Crippen LogP contribution < -0.4 is 4.74 Å². The number of halogens is 1. The predicted molar refractivity (Wildman–Crippen MR) is 127 cm³/mol. The molecule has 2 aromatic rings. The largest absolute Gasteiger partial charge is 0.455 e. The Morgan fingerprint density at radius 1 is 1.25 bits per heavy atom. The summed E-state index contributed by atoms with van der Waals surface area (Å²) in [6, 6.07) is 13.5. The van der Waals surface area contributed by atoms with E-state index >= 15 is 0 Å². The Bertz CT molecular complexity index is 890. The molecular weight excluding hydrogens is 426 g/mol. The Morgan fingerprint density at radius 2 is 2.06 bits per heavy atom. The molecule has 0 radical (unpaired) electrons. The Morgan fingerprint density at radius 3 is 2.81 bits per heavy atom. The lowest BCUT2D eigenvalue weighted by Gasteiger charge is -2.42. The lowest BCUT2D eigenvalue weighted by Crippen LogP contribution is -2.46. The van der Waals surface area contributed by atoms with E-state index < -0.39 is 5.60 Å². The van der Waals surface area contributed by atoms with Gasteiger partial charge in [-0.3, -0.25) is 4.79 Å². The van der Waals surface area contributed by atoms with E-state index in [1.165, 1.54) is 5.56 Å². The fraction of sp³-hybridized carbons (Fsp3) is 0.500.